The molecule has 0 bridgehead atoms. The number of amides is 1. The largest absolute Gasteiger partial charge is 0.396 e. The molecule has 0 fully saturated rings. The van der Waals surface area contributed by atoms with Gasteiger partial charge in [-0.2, -0.15) is 4.37 Å². The first-order valence-electron chi connectivity index (χ1n) is 6.60. The maximum atomic E-state index is 12.2. The number of carbonyl (C=O) groups excluding carboxylic acids is 1. The molecule has 0 aliphatic carbocycles. The van der Waals surface area contributed by atoms with Gasteiger partial charge in [0, 0.05) is 12.4 Å². The van der Waals surface area contributed by atoms with Gasteiger partial charge in [0.2, 0.25) is 0 Å². The Hall–Kier alpha value is -2.80. The summed E-state index contributed by atoms with van der Waals surface area (Å²) in [6.07, 6.45) is 3.34. The van der Waals surface area contributed by atoms with E-state index in [1.54, 1.807) is 18.5 Å². The molecule has 3 aromatic heterocycles. The molecule has 22 heavy (non-hydrogen) atoms. The van der Waals surface area contributed by atoms with Gasteiger partial charge in [-0.15, -0.1) is 0 Å². The lowest BCUT2D eigenvalue weighted by Crippen LogP contribution is -2.23. The average Bonchev–Trinajstić information content (AvgIpc) is 2.96. The third-order valence-corrected chi connectivity index (χ3v) is 3.86. The first-order chi connectivity index (χ1) is 10.8. The molecule has 7 heteroatoms. The Morgan fingerprint density at radius 2 is 1.91 bits per heavy atom. The van der Waals surface area contributed by atoms with Crippen LogP contribution in [0.5, 0.6) is 0 Å². The molecule has 3 N–H and O–H groups in total. The van der Waals surface area contributed by atoms with Crippen LogP contribution in [0.25, 0.3) is 11.4 Å². The summed E-state index contributed by atoms with van der Waals surface area (Å²) in [6.45, 7) is 0.343. The van der Waals surface area contributed by atoms with E-state index in [1.807, 2.05) is 30.3 Å². The Morgan fingerprint density at radius 1 is 1.14 bits per heavy atom. The Bertz CT molecular complexity index is 773. The van der Waals surface area contributed by atoms with Crippen LogP contribution in [0.4, 0.5) is 5.69 Å². The summed E-state index contributed by atoms with van der Waals surface area (Å²) in [5.41, 5.74) is 8.36. The summed E-state index contributed by atoms with van der Waals surface area (Å²) in [4.78, 5) is 21.0. The monoisotopic (exact) mass is 311 g/mol. The van der Waals surface area contributed by atoms with Gasteiger partial charge in [0.05, 0.1) is 23.6 Å². The van der Waals surface area contributed by atoms with Gasteiger partial charge in [-0.3, -0.25) is 14.8 Å². The number of nitrogen functional groups attached to an aromatic ring is 1. The van der Waals surface area contributed by atoms with E-state index in [4.69, 9.17) is 5.73 Å². The predicted octanol–water partition coefficient (Wildman–Crippen LogP) is 2.11. The number of rotatable bonds is 4. The number of nitrogens with zero attached hydrogens (tertiary/aromatic N) is 3. The number of hydrogen-bond acceptors (Lipinski definition) is 6. The van der Waals surface area contributed by atoms with Crippen LogP contribution in [0.1, 0.15) is 15.4 Å². The van der Waals surface area contributed by atoms with Gasteiger partial charge in [-0.1, -0.05) is 12.1 Å². The molecule has 6 nitrogen and oxygen atoms in total. The Balaban J connectivity index is 1.75. The number of hydrogen-bond donors (Lipinski definition) is 2. The molecule has 3 aromatic rings. The van der Waals surface area contributed by atoms with Gasteiger partial charge in [0.15, 0.2) is 0 Å². The quantitative estimate of drug-likeness (QED) is 0.769. The van der Waals surface area contributed by atoms with Crippen LogP contribution < -0.4 is 11.1 Å². The number of pyridine rings is 2. The Morgan fingerprint density at radius 3 is 2.59 bits per heavy atom. The van der Waals surface area contributed by atoms with E-state index in [-0.39, 0.29) is 5.91 Å². The summed E-state index contributed by atoms with van der Waals surface area (Å²) >= 11 is 1.07. The molecule has 0 unspecified atom stereocenters. The minimum absolute atomic E-state index is 0.261. The van der Waals surface area contributed by atoms with Gasteiger partial charge in [0.25, 0.3) is 5.91 Å². The zero-order valence-electron chi connectivity index (χ0n) is 11.6. The van der Waals surface area contributed by atoms with Crippen molar-refractivity contribution >= 4 is 23.1 Å². The average molecular weight is 311 g/mol. The molecule has 1 amide bonds. The van der Waals surface area contributed by atoms with Crippen LogP contribution in [0.15, 0.2) is 48.8 Å². The third-order valence-electron chi connectivity index (χ3n) is 3.00. The van der Waals surface area contributed by atoms with Crippen LogP contribution in [0.3, 0.4) is 0 Å². The normalized spacial score (nSPS) is 10.4. The lowest BCUT2D eigenvalue weighted by atomic mass is 10.2. The van der Waals surface area contributed by atoms with E-state index < -0.39 is 0 Å². The number of carbonyl (C=O) groups is 1. The molecule has 0 saturated heterocycles. The molecule has 3 rings (SSSR count). The van der Waals surface area contributed by atoms with Crippen molar-refractivity contribution in [3.05, 3.63) is 59.4 Å². The second kappa shape index (κ2) is 6.31. The first kappa shape index (κ1) is 14.2. The lowest BCUT2D eigenvalue weighted by molar-refractivity contribution is 0.0955. The van der Waals surface area contributed by atoms with E-state index in [0.717, 1.165) is 17.2 Å². The van der Waals surface area contributed by atoms with E-state index in [2.05, 4.69) is 19.7 Å². The summed E-state index contributed by atoms with van der Waals surface area (Å²) in [7, 11) is 0. The highest BCUT2D eigenvalue weighted by molar-refractivity contribution is 7.09. The smallest absolute Gasteiger partial charge is 0.265 e. The van der Waals surface area contributed by atoms with Gasteiger partial charge in [0.1, 0.15) is 10.6 Å². The van der Waals surface area contributed by atoms with Gasteiger partial charge in [-0.25, -0.2) is 0 Å². The lowest BCUT2D eigenvalue weighted by Gasteiger charge is -2.03. The van der Waals surface area contributed by atoms with Crippen LogP contribution in [-0.2, 0) is 6.54 Å². The minimum atomic E-state index is -0.261. The molecular weight excluding hydrogens is 298 g/mol. The highest BCUT2D eigenvalue weighted by atomic mass is 32.1. The second-order valence-corrected chi connectivity index (χ2v) is 5.27. The van der Waals surface area contributed by atoms with Gasteiger partial charge < -0.3 is 11.1 Å². The van der Waals surface area contributed by atoms with Crippen molar-refractivity contribution in [1.82, 2.24) is 19.7 Å². The van der Waals surface area contributed by atoms with Gasteiger partial charge in [-0.05, 0) is 35.8 Å². The van der Waals surface area contributed by atoms with Crippen molar-refractivity contribution in [2.45, 2.75) is 6.54 Å². The highest BCUT2D eigenvalue weighted by Crippen LogP contribution is 2.29. The molecule has 0 saturated carbocycles. The van der Waals surface area contributed by atoms with Crippen molar-refractivity contribution in [2.75, 3.05) is 5.73 Å². The van der Waals surface area contributed by atoms with Crippen molar-refractivity contribution < 1.29 is 4.79 Å². The predicted molar refractivity (Wildman–Crippen MR) is 85.2 cm³/mol. The molecule has 0 radical (unpaired) electrons. The van der Waals surface area contributed by atoms with E-state index in [1.165, 1.54) is 0 Å². The molecule has 0 aromatic carbocycles. The molecule has 3 heterocycles. The van der Waals surface area contributed by atoms with Crippen molar-refractivity contribution in [2.24, 2.45) is 0 Å². The maximum absolute atomic E-state index is 12.2. The SMILES string of the molecule is Nc1c(-c2ccccn2)nsc1C(=O)NCc1ccccn1. The van der Waals surface area contributed by atoms with E-state index >= 15 is 0 Å². The maximum Gasteiger partial charge on any atom is 0.265 e. The zero-order valence-corrected chi connectivity index (χ0v) is 12.4. The Labute approximate surface area is 131 Å². The minimum Gasteiger partial charge on any atom is -0.396 e. The highest BCUT2D eigenvalue weighted by Gasteiger charge is 2.18. The number of anilines is 1. The fourth-order valence-electron chi connectivity index (χ4n) is 1.90. The summed E-state index contributed by atoms with van der Waals surface area (Å²) < 4.78 is 4.24. The van der Waals surface area contributed by atoms with Gasteiger partial charge >= 0.3 is 0 Å². The first-order valence-corrected chi connectivity index (χ1v) is 7.37. The standard InChI is InChI=1S/C15H13N5OS/c16-12-13(11-6-2-4-8-18-11)20-22-14(12)15(21)19-9-10-5-1-3-7-17-10/h1-8H,9,16H2,(H,19,21). The Kier molecular flexibility index (Phi) is 4.06. The number of nitrogens with one attached hydrogen (secondary N) is 1. The topological polar surface area (TPSA) is 93.8 Å². The molecule has 0 aliphatic rings. The van der Waals surface area contributed by atoms with Crippen LogP contribution in [0, 0.1) is 0 Å². The molecular formula is C15H13N5OS. The van der Waals surface area contributed by atoms with E-state index in [9.17, 15) is 4.79 Å². The van der Waals surface area contributed by atoms with Crippen molar-refractivity contribution in [3.63, 3.8) is 0 Å². The summed E-state index contributed by atoms with van der Waals surface area (Å²) in [6, 6.07) is 11.0. The zero-order chi connectivity index (χ0) is 15.4. The molecule has 110 valence electrons. The number of aromatic nitrogens is 3. The van der Waals surface area contributed by atoms with Crippen LogP contribution >= 0.6 is 11.5 Å². The van der Waals surface area contributed by atoms with Crippen molar-refractivity contribution in [1.29, 1.82) is 0 Å². The molecule has 0 atom stereocenters. The fraction of sp³-hybridized carbons (Fsp3) is 0.0667. The van der Waals surface area contributed by atoms with Crippen LogP contribution in [-0.4, -0.2) is 20.2 Å². The summed E-state index contributed by atoms with van der Waals surface area (Å²) in [5.74, 6) is -0.261. The van der Waals surface area contributed by atoms with Crippen molar-refractivity contribution in [3.8, 4) is 11.4 Å². The number of nitrogens with two attached hydrogens (primary N) is 1. The van der Waals surface area contributed by atoms with Crippen LogP contribution in [0.2, 0.25) is 0 Å². The van der Waals surface area contributed by atoms with E-state index in [0.29, 0.717) is 28.5 Å². The molecule has 0 spiro atoms. The fourth-order valence-corrected chi connectivity index (χ4v) is 2.63. The summed E-state index contributed by atoms with van der Waals surface area (Å²) in [5, 5.41) is 2.79. The molecule has 0 aliphatic heterocycles. The second-order valence-electron chi connectivity index (χ2n) is 4.49. The third kappa shape index (κ3) is 2.94.